The van der Waals surface area contributed by atoms with Gasteiger partial charge in [-0.05, 0) is 48.5 Å². The van der Waals surface area contributed by atoms with Crippen molar-refractivity contribution >= 4 is 23.0 Å². The maximum absolute atomic E-state index is 12.2. The lowest BCUT2D eigenvalue weighted by atomic mass is 10.2. The monoisotopic (exact) mass is 361 g/mol. The molecule has 138 valence electrons. The van der Waals surface area contributed by atoms with E-state index >= 15 is 0 Å². The molecule has 0 bridgehead atoms. The summed E-state index contributed by atoms with van der Waals surface area (Å²) in [5, 5.41) is 6.02. The molecule has 0 aliphatic carbocycles. The maximum Gasteiger partial charge on any atom is 0.243 e. The molecule has 0 saturated heterocycles. The molecule has 2 N–H and O–H groups in total. The van der Waals surface area contributed by atoms with Crippen LogP contribution in [0, 0.1) is 0 Å². The second-order valence-corrected chi connectivity index (χ2v) is 6.25. The Hall–Kier alpha value is -3.47. The van der Waals surface area contributed by atoms with Gasteiger partial charge in [-0.25, -0.2) is 0 Å². The van der Waals surface area contributed by atoms with Crippen LogP contribution in [0.5, 0.6) is 11.5 Å². The van der Waals surface area contributed by atoms with Crippen LogP contribution in [0.4, 0.5) is 17.1 Å². The van der Waals surface area contributed by atoms with Crippen LogP contribution in [0.1, 0.15) is 0 Å². The number of rotatable bonds is 7. The summed E-state index contributed by atoms with van der Waals surface area (Å²) in [7, 11) is 3.96. The van der Waals surface area contributed by atoms with Gasteiger partial charge >= 0.3 is 0 Å². The van der Waals surface area contributed by atoms with Gasteiger partial charge in [-0.1, -0.05) is 30.3 Å². The number of hydrogen-bond acceptors (Lipinski definition) is 4. The number of ether oxygens (including phenoxy) is 1. The van der Waals surface area contributed by atoms with Gasteiger partial charge in [0.2, 0.25) is 5.91 Å². The van der Waals surface area contributed by atoms with E-state index in [9.17, 15) is 4.79 Å². The first-order valence-electron chi connectivity index (χ1n) is 8.75. The number of nitrogens with one attached hydrogen (secondary N) is 2. The second-order valence-electron chi connectivity index (χ2n) is 6.25. The zero-order valence-corrected chi connectivity index (χ0v) is 15.5. The lowest BCUT2D eigenvalue weighted by Crippen LogP contribution is -2.22. The minimum atomic E-state index is -0.123. The third-order valence-corrected chi connectivity index (χ3v) is 3.96. The molecule has 0 radical (unpaired) electrons. The average Bonchev–Trinajstić information content (AvgIpc) is 2.68. The third-order valence-electron chi connectivity index (χ3n) is 3.96. The number of carbonyl (C=O) groups excluding carboxylic acids is 1. The molecule has 0 saturated carbocycles. The van der Waals surface area contributed by atoms with Gasteiger partial charge in [-0.3, -0.25) is 4.79 Å². The molecule has 0 aromatic heterocycles. The Morgan fingerprint density at radius 2 is 1.56 bits per heavy atom. The molecule has 5 nitrogen and oxygen atoms in total. The summed E-state index contributed by atoms with van der Waals surface area (Å²) in [5.41, 5.74) is 2.61. The number of anilines is 3. The Labute approximate surface area is 159 Å². The second kappa shape index (κ2) is 8.76. The molecular weight excluding hydrogens is 338 g/mol. The van der Waals surface area contributed by atoms with E-state index in [4.69, 9.17) is 4.74 Å². The number of carbonyl (C=O) groups is 1. The van der Waals surface area contributed by atoms with Crippen molar-refractivity contribution in [3.8, 4) is 11.5 Å². The SMILES string of the molecule is CN(C)c1ccc(NC(=O)CNc2ccccc2Oc2ccccc2)cc1. The summed E-state index contributed by atoms with van der Waals surface area (Å²) in [6.07, 6.45) is 0. The van der Waals surface area contributed by atoms with E-state index in [-0.39, 0.29) is 12.5 Å². The van der Waals surface area contributed by atoms with Crippen LogP contribution in [-0.2, 0) is 4.79 Å². The van der Waals surface area contributed by atoms with Crippen LogP contribution in [0.3, 0.4) is 0 Å². The first-order chi connectivity index (χ1) is 13.1. The van der Waals surface area contributed by atoms with Gasteiger partial charge in [0.1, 0.15) is 5.75 Å². The molecule has 0 heterocycles. The highest BCUT2D eigenvalue weighted by Crippen LogP contribution is 2.28. The molecule has 0 spiro atoms. The first kappa shape index (κ1) is 18.3. The molecule has 0 fully saturated rings. The molecule has 0 aliphatic rings. The zero-order chi connectivity index (χ0) is 19.1. The fourth-order valence-corrected chi connectivity index (χ4v) is 2.54. The van der Waals surface area contributed by atoms with E-state index in [2.05, 4.69) is 10.6 Å². The average molecular weight is 361 g/mol. The summed E-state index contributed by atoms with van der Waals surface area (Å²) < 4.78 is 5.90. The Balaban J connectivity index is 1.59. The fraction of sp³-hybridized carbons (Fsp3) is 0.136. The molecule has 0 aliphatic heterocycles. The molecule has 5 heteroatoms. The van der Waals surface area contributed by atoms with Gasteiger partial charge in [0.05, 0.1) is 12.2 Å². The molecule has 0 atom stereocenters. The molecule has 27 heavy (non-hydrogen) atoms. The van der Waals surface area contributed by atoms with Gasteiger partial charge < -0.3 is 20.3 Å². The number of nitrogens with zero attached hydrogens (tertiary/aromatic N) is 1. The zero-order valence-electron chi connectivity index (χ0n) is 15.5. The predicted molar refractivity (Wildman–Crippen MR) is 111 cm³/mol. The lowest BCUT2D eigenvalue weighted by Gasteiger charge is -2.14. The van der Waals surface area contributed by atoms with Crippen molar-refractivity contribution in [3.05, 3.63) is 78.9 Å². The molecule has 0 unspecified atom stereocenters. The minimum Gasteiger partial charge on any atom is -0.455 e. The van der Waals surface area contributed by atoms with Gasteiger partial charge in [-0.15, -0.1) is 0 Å². The predicted octanol–water partition coefficient (Wildman–Crippen LogP) is 4.60. The Morgan fingerprint density at radius 3 is 2.26 bits per heavy atom. The highest BCUT2D eigenvalue weighted by molar-refractivity contribution is 5.94. The number of amides is 1. The van der Waals surface area contributed by atoms with Crippen molar-refractivity contribution < 1.29 is 9.53 Å². The molecule has 3 aromatic carbocycles. The van der Waals surface area contributed by atoms with Crippen LogP contribution >= 0.6 is 0 Å². The van der Waals surface area contributed by atoms with E-state index in [1.54, 1.807) is 0 Å². The van der Waals surface area contributed by atoms with Gasteiger partial charge in [0, 0.05) is 25.5 Å². The van der Waals surface area contributed by atoms with Crippen LogP contribution in [0.15, 0.2) is 78.9 Å². The van der Waals surface area contributed by atoms with E-state index in [1.165, 1.54) is 0 Å². The Kier molecular flexibility index (Phi) is 5.94. The van der Waals surface area contributed by atoms with Gasteiger partial charge in [-0.2, -0.15) is 0 Å². The summed E-state index contributed by atoms with van der Waals surface area (Å²) in [6.45, 7) is 0.143. The number of benzene rings is 3. The Morgan fingerprint density at radius 1 is 0.889 bits per heavy atom. The fourth-order valence-electron chi connectivity index (χ4n) is 2.54. The van der Waals surface area contributed by atoms with Crippen LogP contribution in [0.25, 0.3) is 0 Å². The quantitative estimate of drug-likeness (QED) is 0.646. The largest absolute Gasteiger partial charge is 0.455 e. The summed E-state index contributed by atoms with van der Waals surface area (Å²) >= 11 is 0. The van der Waals surface area contributed by atoms with E-state index in [1.807, 2.05) is 97.9 Å². The normalized spacial score (nSPS) is 10.1. The van der Waals surface area contributed by atoms with Crippen molar-refractivity contribution in [1.29, 1.82) is 0 Å². The van der Waals surface area contributed by atoms with Crippen LogP contribution < -0.4 is 20.3 Å². The Bertz CT molecular complexity index is 878. The summed E-state index contributed by atoms with van der Waals surface area (Å²) in [6, 6.07) is 24.8. The maximum atomic E-state index is 12.2. The molecule has 1 amide bonds. The van der Waals surface area contributed by atoms with Crippen LogP contribution in [-0.4, -0.2) is 26.5 Å². The summed E-state index contributed by atoms with van der Waals surface area (Å²) in [5.74, 6) is 1.30. The van der Waals surface area contributed by atoms with Crippen molar-refractivity contribution in [2.24, 2.45) is 0 Å². The van der Waals surface area contributed by atoms with Crippen molar-refractivity contribution in [1.82, 2.24) is 0 Å². The van der Waals surface area contributed by atoms with Crippen molar-refractivity contribution in [2.75, 3.05) is 36.2 Å². The van der Waals surface area contributed by atoms with Crippen molar-refractivity contribution in [3.63, 3.8) is 0 Å². The number of hydrogen-bond donors (Lipinski definition) is 2. The lowest BCUT2D eigenvalue weighted by molar-refractivity contribution is -0.114. The molecule has 3 aromatic rings. The third kappa shape index (κ3) is 5.25. The van der Waals surface area contributed by atoms with Gasteiger partial charge in [0.25, 0.3) is 0 Å². The van der Waals surface area contributed by atoms with Crippen molar-refractivity contribution in [2.45, 2.75) is 0 Å². The van der Waals surface area contributed by atoms with Gasteiger partial charge in [0.15, 0.2) is 5.75 Å². The van der Waals surface area contributed by atoms with E-state index in [0.717, 1.165) is 22.8 Å². The van der Waals surface area contributed by atoms with Crippen LogP contribution in [0.2, 0.25) is 0 Å². The standard InChI is InChI=1S/C22H23N3O2/c1-25(2)18-14-12-17(13-15-18)24-22(26)16-23-20-10-6-7-11-21(20)27-19-8-4-3-5-9-19/h3-15,23H,16H2,1-2H3,(H,24,26). The highest BCUT2D eigenvalue weighted by atomic mass is 16.5. The minimum absolute atomic E-state index is 0.123. The topological polar surface area (TPSA) is 53.6 Å². The van der Waals surface area contributed by atoms with E-state index < -0.39 is 0 Å². The smallest absolute Gasteiger partial charge is 0.243 e. The number of para-hydroxylation sites is 3. The summed E-state index contributed by atoms with van der Waals surface area (Å²) in [4.78, 5) is 14.3. The van der Waals surface area contributed by atoms with E-state index in [0.29, 0.717) is 5.75 Å². The first-order valence-corrected chi connectivity index (χ1v) is 8.75. The molecule has 3 rings (SSSR count). The molecular formula is C22H23N3O2. The highest BCUT2D eigenvalue weighted by Gasteiger charge is 2.07.